The van der Waals surface area contributed by atoms with Gasteiger partial charge in [0, 0.05) is 12.6 Å². The molecule has 4 nitrogen and oxygen atoms in total. The van der Waals surface area contributed by atoms with Gasteiger partial charge in [-0.25, -0.2) is 0 Å². The van der Waals surface area contributed by atoms with Crippen LogP contribution in [-0.2, 0) is 6.54 Å². The minimum atomic E-state index is 0.659. The summed E-state index contributed by atoms with van der Waals surface area (Å²) in [5.74, 6) is 3.17. The molecule has 0 aromatic heterocycles. The van der Waals surface area contributed by atoms with Crippen LogP contribution in [0, 0.1) is 5.92 Å². The Kier molecular flexibility index (Phi) is 6.79. The molecule has 0 atom stereocenters. The first kappa shape index (κ1) is 18.0. The standard InChI is InChI=1S/C20H27NO3/c1-15(2)11-12-24-17-7-5-16(6-8-17)14-21-19-13-18(22-3)9-10-20(19)23-4/h5-10,13,15,21H,11-12,14H2,1-4H3. The topological polar surface area (TPSA) is 39.7 Å². The number of nitrogens with one attached hydrogen (secondary N) is 1. The maximum absolute atomic E-state index is 5.74. The van der Waals surface area contributed by atoms with E-state index in [1.54, 1.807) is 14.2 Å². The fraction of sp³-hybridized carbons (Fsp3) is 0.400. The summed E-state index contributed by atoms with van der Waals surface area (Å²) in [6.07, 6.45) is 1.07. The fourth-order valence-corrected chi connectivity index (χ4v) is 2.27. The van der Waals surface area contributed by atoms with Gasteiger partial charge in [-0.05, 0) is 42.2 Å². The molecule has 0 aliphatic heterocycles. The number of methoxy groups -OCH3 is 2. The average molecular weight is 329 g/mol. The molecule has 2 aromatic rings. The van der Waals surface area contributed by atoms with E-state index >= 15 is 0 Å². The maximum Gasteiger partial charge on any atom is 0.142 e. The van der Waals surface area contributed by atoms with E-state index in [-0.39, 0.29) is 0 Å². The van der Waals surface area contributed by atoms with Crippen molar-refractivity contribution in [2.75, 3.05) is 26.1 Å². The Morgan fingerprint density at radius 2 is 1.62 bits per heavy atom. The van der Waals surface area contributed by atoms with Crippen LogP contribution in [0.25, 0.3) is 0 Å². The lowest BCUT2D eigenvalue weighted by atomic mass is 10.1. The maximum atomic E-state index is 5.74. The molecule has 0 heterocycles. The number of rotatable bonds is 9. The molecule has 0 unspecified atom stereocenters. The first-order valence-corrected chi connectivity index (χ1v) is 8.30. The molecule has 0 fully saturated rings. The van der Waals surface area contributed by atoms with Gasteiger partial charge in [0.2, 0.25) is 0 Å². The van der Waals surface area contributed by atoms with Gasteiger partial charge in [0.05, 0.1) is 26.5 Å². The Bertz CT molecular complexity index is 623. The molecular formula is C20H27NO3. The van der Waals surface area contributed by atoms with Gasteiger partial charge in [-0.3, -0.25) is 0 Å². The SMILES string of the molecule is COc1ccc(OC)c(NCc2ccc(OCCC(C)C)cc2)c1. The van der Waals surface area contributed by atoms with Crippen molar-refractivity contribution in [1.29, 1.82) is 0 Å². The van der Waals surface area contributed by atoms with E-state index in [9.17, 15) is 0 Å². The predicted octanol–water partition coefficient (Wildman–Crippen LogP) is 4.74. The van der Waals surface area contributed by atoms with Crippen LogP contribution < -0.4 is 19.5 Å². The zero-order valence-corrected chi connectivity index (χ0v) is 15.0. The van der Waals surface area contributed by atoms with Gasteiger partial charge in [0.15, 0.2) is 0 Å². The van der Waals surface area contributed by atoms with Crippen LogP contribution in [0.3, 0.4) is 0 Å². The predicted molar refractivity (Wildman–Crippen MR) is 98.3 cm³/mol. The first-order valence-electron chi connectivity index (χ1n) is 8.30. The first-order chi connectivity index (χ1) is 11.6. The second-order valence-electron chi connectivity index (χ2n) is 6.09. The van der Waals surface area contributed by atoms with Crippen LogP contribution in [0.4, 0.5) is 5.69 Å². The normalized spacial score (nSPS) is 10.5. The van der Waals surface area contributed by atoms with Crippen molar-refractivity contribution in [3.8, 4) is 17.2 Å². The summed E-state index contributed by atoms with van der Waals surface area (Å²) in [5.41, 5.74) is 2.09. The lowest BCUT2D eigenvalue weighted by molar-refractivity contribution is 0.289. The van der Waals surface area contributed by atoms with Crippen molar-refractivity contribution in [3.63, 3.8) is 0 Å². The van der Waals surface area contributed by atoms with Gasteiger partial charge in [-0.15, -0.1) is 0 Å². The van der Waals surface area contributed by atoms with E-state index in [1.165, 1.54) is 5.56 Å². The van der Waals surface area contributed by atoms with Crippen molar-refractivity contribution >= 4 is 5.69 Å². The van der Waals surface area contributed by atoms with Crippen LogP contribution in [0.2, 0.25) is 0 Å². The summed E-state index contributed by atoms with van der Waals surface area (Å²) < 4.78 is 16.4. The van der Waals surface area contributed by atoms with Crippen LogP contribution in [0.1, 0.15) is 25.8 Å². The van der Waals surface area contributed by atoms with Crippen molar-refractivity contribution in [3.05, 3.63) is 48.0 Å². The molecule has 2 rings (SSSR count). The molecule has 1 N–H and O–H groups in total. The summed E-state index contributed by atoms with van der Waals surface area (Å²) in [4.78, 5) is 0. The molecular weight excluding hydrogens is 302 g/mol. The number of ether oxygens (including phenoxy) is 3. The molecule has 0 saturated carbocycles. The number of anilines is 1. The van der Waals surface area contributed by atoms with Gasteiger partial charge in [-0.1, -0.05) is 26.0 Å². The number of hydrogen-bond donors (Lipinski definition) is 1. The fourth-order valence-electron chi connectivity index (χ4n) is 2.27. The Labute approximate surface area is 144 Å². The average Bonchev–Trinajstić information content (AvgIpc) is 2.60. The molecule has 0 aliphatic rings. The Balaban J connectivity index is 1.92. The summed E-state index contributed by atoms with van der Waals surface area (Å²) >= 11 is 0. The molecule has 0 aliphatic carbocycles. The third-order valence-corrected chi connectivity index (χ3v) is 3.78. The molecule has 24 heavy (non-hydrogen) atoms. The van der Waals surface area contributed by atoms with Gasteiger partial charge in [0.1, 0.15) is 17.2 Å². The quantitative estimate of drug-likeness (QED) is 0.721. The largest absolute Gasteiger partial charge is 0.497 e. The minimum absolute atomic E-state index is 0.659. The monoisotopic (exact) mass is 329 g/mol. The zero-order valence-electron chi connectivity index (χ0n) is 15.0. The van der Waals surface area contributed by atoms with E-state index in [0.29, 0.717) is 12.5 Å². The lowest BCUT2D eigenvalue weighted by Crippen LogP contribution is -2.03. The van der Waals surface area contributed by atoms with E-state index < -0.39 is 0 Å². The molecule has 0 radical (unpaired) electrons. The summed E-state index contributed by atoms with van der Waals surface area (Å²) in [5, 5.41) is 3.39. The molecule has 0 saturated heterocycles. The van der Waals surface area contributed by atoms with Crippen LogP contribution in [0.15, 0.2) is 42.5 Å². The molecule has 0 spiro atoms. The molecule has 4 heteroatoms. The number of benzene rings is 2. The summed E-state index contributed by atoms with van der Waals surface area (Å²) in [6.45, 7) is 5.86. The molecule has 2 aromatic carbocycles. The minimum Gasteiger partial charge on any atom is -0.497 e. The summed E-state index contributed by atoms with van der Waals surface area (Å²) in [6, 6.07) is 13.9. The van der Waals surface area contributed by atoms with Gasteiger partial charge < -0.3 is 19.5 Å². The van der Waals surface area contributed by atoms with E-state index in [0.717, 1.165) is 36.0 Å². The van der Waals surface area contributed by atoms with Crippen molar-refractivity contribution < 1.29 is 14.2 Å². The molecule has 0 bridgehead atoms. The van der Waals surface area contributed by atoms with Crippen LogP contribution in [-0.4, -0.2) is 20.8 Å². The third-order valence-electron chi connectivity index (χ3n) is 3.78. The van der Waals surface area contributed by atoms with Gasteiger partial charge in [-0.2, -0.15) is 0 Å². The molecule has 0 amide bonds. The second-order valence-corrected chi connectivity index (χ2v) is 6.09. The molecule has 130 valence electrons. The summed E-state index contributed by atoms with van der Waals surface area (Å²) in [7, 11) is 3.32. The highest BCUT2D eigenvalue weighted by Crippen LogP contribution is 2.29. The van der Waals surface area contributed by atoms with Crippen LogP contribution >= 0.6 is 0 Å². The van der Waals surface area contributed by atoms with Crippen molar-refractivity contribution in [1.82, 2.24) is 0 Å². The van der Waals surface area contributed by atoms with Gasteiger partial charge >= 0.3 is 0 Å². The highest BCUT2D eigenvalue weighted by Gasteiger charge is 2.05. The van der Waals surface area contributed by atoms with E-state index in [1.807, 2.05) is 30.3 Å². The van der Waals surface area contributed by atoms with E-state index in [2.05, 4.69) is 31.3 Å². The van der Waals surface area contributed by atoms with Gasteiger partial charge in [0.25, 0.3) is 0 Å². The Morgan fingerprint density at radius 3 is 2.25 bits per heavy atom. The van der Waals surface area contributed by atoms with Crippen molar-refractivity contribution in [2.45, 2.75) is 26.8 Å². The Hall–Kier alpha value is -2.36. The highest BCUT2D eigenvalue weighted by molar-refractivity contribution is 5.60. The second kappa shape index (κ2) is 9.06. The van der Waals surface area contributed by atoms with Crippen molar-refractivity contribution in [2.24, 2.45) is 5.92 Å². The zero-order chi connectivity index (χ0) is 17.4. The number of hydrogen-bond acceptors (Lipinski definition) is 4. The Morgan fingerprint density at radius 1 is 0.917 bits per heavy atom. The van der Waals surface area contributed by atoms with E-state index in [4.69, 9.17) is 14.2 Å². The lowest BCUT2D eigenvalue weighted by Gasteiger charge is -2.13. The smallest absolute Gasteiger partial charge is 0.142 e. The van der Waals surface area contributed by atoms with Crippen LogP contribution in [0.5, 0.6) is 17.2 Å². The highest BCUT2D eigenvalue weighted by atomic mass is 16.5. The third kappa shape index (κ3) is 5.37.